The molecule has 0 aliphatic carbocycles. The summed E-state index contributed by atoms with van der Waals surface area (Å²) < 4.78 is 18.4. The van der Waals surface area contributed by atoms with Gasteiger partial charge in [0.05, 0.1) is 5.56 Å². The molecule has 0 radical (unpaired) electrons. The van der Waals surface area contributed by atoms with Crippen LogP contribution in [0.4, 0.5) is 4.39 Å². The fourth-order valence-electron chi connectivity index (χ4n) is 2.02. The van der Waals surface area contributed by atoms with Crippen LogP contribution in [0.2, 0.25) is 0 Å². The molecule has 2 aromatic rings. The zero-order chi connectivity index (χ0) is 16.3. The van der Waals surface area contributed by atoms with Gasteiger partial charge in [-0.3, -0.25) is 4.79 Å². The molecular weight excluding hydrogens is 283 g/mol. The van der Waals surface area contributed by atoms with Crippen molar-refractivity contribution in [3.05, 3.63) is 59.4 Å². The first-order valence-corrected chi connectivity index (χ1v) is 6.89. The summed E-state index contributed by atoms with van der Waals surface area (Å²) in [5.74, 6) is -0.870. The molecule has 2 rings (SSSR count). The molecule has 114 valence electrons. The Bertz CT molecular complexity index is 697. The van der Waals surface area contributed by atoms with E-state index in [1.54, 1.807) is 51.1 Å². The van der Waals surface area contributed by atoms with Gasteiger partial charge in [0.25, 0.3) is 0 Å². The van der Waals surface area contributed by atoms with E-state index in [2.05, 4.69) is 0 Å². The summed E-state index contributed by atoms with van der Waals surface area (Å²) in [6.45, 7) is 5.40. The highest BCUT2D eigenvalue weighted by Gasteiger charge is 2.17. The van der Waals surface area contributed by atoms with Gasteiger partial charge in [0.15, 0.2) is 6.29 Å². The van der Waals surface area contributed by atoms with Crippen LogP contribution >= 0.6 is 0 Å². The van der Waals surface area contributed by atoms with Crippen molar-refractivity contribution in [2.75, 3.05) is 0 Å². The molecule has 3 nitrogen and oxygen atoms in total. The van der Waals surface area contributed by atoms with Gasteiger partial charge in [0.1, 0.15) is 11.4 Å². The lowest BCUT2D eigenvalue weighted by molar-refractivity contribution is 0.00695. The van der Waals surface area contributed by atoms with Gasteiger partial charge in [-0.05, 0) is 56.2 Å². The minimum atomic E-state index is -0.558. The standard InChI is InChI=1S/C18H17FO3/c1-18(2,3)22-17(21)13-6-4-12(5-7-13)16-9-8-15(19)10-14(16)11-20/h4-11H,1-3H3. The van der Waals surface area contributed by atoms with Gasteiger partial charge in [-0.25, -0.2) is 9.18 Å². The lowest BCUT2D eigenvalue weighted by Crippen LogP contribution is -2.23. The van der Waals surface area contributed by atoms with E-state index in [4.69, 9.17) is 4.74 Å². The zero-order valence-corrected chi connectivity index (χ0v) is 12.7. The van der Waals surface area contributed by atoms with E-state index in [1.165, 1.54) is 12.1 Å². The van der Waals surface area contributed by atoms with Crippen LogP contribution in [-0.2, 0) is 4.74 Å². The van der Waals surface area contributed by atoms with Crippen LogP contribution in [0.1, 0.15) is 41.5 Å². The van der Waals surface area contributed by atoms with Gasteiger partial charge >= 0.3 is 5.97 Å². The Morgan fingerprint density at radius 1 is 1.09 bits per heavy atom. The molecule has 0 aliphatic rings. The molecule has 0 atom stereocenters. The highest BCUT2D eigenvalue weighted by Crippen LogP contribution is 2.24. The van der Waals surface area contributed by atoms with Crippen LogP contribution in [-0.4, -0.2) is 17.9 Å². The number of rotatable bonds is 3. The van der Waals surface area contributed by atoms with Crippen molar-refractivity contribution < 1.29 is 18.7 Å². The second-order valence-corrected chi connectivity index (χ2v) is 5.93. The van der Waals surface area contributed by atoms with Crippen molar-refractivity contribution in [3.8, 4) is 11.1 Å². The Labute approximate surface area is 128 Å². The molecule has 0 saturated heterocycles. The summed E-state index contributed by atoms with van der Waals surface area (Å²) in [7, 11) is 0. The summed E-state index contributed by atoms with van der Waals surface area (Å²) in [5, 5.41) is 0. The first-order chi connectivity index (χ1) is 10.3. The van der Waals surface area contributed by atoms with E-state index in [0.717, 1.165) is 5.56 Å². The lowest BCUT2D eigenvalue weighted by Gasteiger charge is -2.19. The fraction of sp³-hybridized carbons (Fsp3) is 0.222. The van der Waals surface area contributed by atoms with E-state index in [-0.39, 0.29) is 5.56 Å². The number of esters is 1. The van der Waals surface area contributed by atoms with E-state index in [9.17, 15) is 14.0 Å². The Hall–Kier alpha value is -2.49. The Morgan fingerprint density at radius 3 is 2.27 bits per heavy atom. The molecule has 0 fully saturated rings. The second-order valence-electron chi connectivity index (χ2n) is 5.93. The predicted octanol–water partition coefficient (Wildman–Crippen LogP) is 4.26. The summed E-state index contributed by atoms with van der Waals surface area (Å²) in [5.41, 5.74) is 1.48. The smallest absolute Gasteiger partial charge is 0.338 e. The quantitative estimate of drug-likeness (QED) is 0.628. The fourth-order valence-corrected chi connectivity index (χ4v) is 2.02. The molecule has 4 heteroatoms. The Kier molecular flexibility index (Phi) is 4.40. The third-order valence-electron chi connectivity index (χ3n) is 2.97. The van der Waals surface area contributed by atoms with Crippen LogP contribution in [0.5, 0.6) is 0 Å². The van der Waals surface area contributed by atoms with Crippen LogP contribution in [0, 0.1) is 5.82 Å². The van der Waals surface area contributed by atoms with Gasteiger partial charge in [-0.1, -0.05) is 18.2 Å². The highest BCUT2D eigenvalue weighted by molar-refractivity contribution is 5.92. The minimum absolute atomic E-state index is 0.269. The largest absolute Gasteiger partial charge is 0.456 e. The number of hydrogen-bond acceptors (Lipinski definition) is 3. The Balaban J connectivity index is 2.30. The molecule has 0 saturated carbocycles. The maximum atomic E-state index is 13.2. The lowest BCUT2D eigenvalue weighted by atomic mass is 9.99. The number of hydrogen-bond donors (Lipinski definition) is 0. The van der Waals surface area contributed by atoms with E-state index in [1.807, 2.05) is 0 Å². The average Bonchev–Trinajstić information content (AvgIpc) is 2.45. The van der Waals surface area contributed by atoms with Crippen molar-refractivity contribution in [1.29, 1.82) is 0 Å². The van der Waals surface area contributed by atoms with Gasteiger partial charge in [-0.15, -0.1) is 0 Å². The van der Waals surface area contributed by atoms with Crippen LogP contribution < -0.4 is 0 Å². The van der Waals surface area contributed by atoms with E-state index >= 15 is 0 Å². The maximum Gasteiger partial charge on any atom is 0.338 e. The summed E-state index contributed by atoms with van der Waals surface area (Å²) in [6.07, 6.45) is 0.611. The normalized spacial score (nSPS) is 11.1. The van der Waals surface area contributed by atoms with E-state index in [0.29, 0.717) is 17.4 Å². The first kappa shape index (κ1) is 15.9. The van der Waals surface area contributed by atoms with Crippen LogP contribution in [0.15, 0.2) is 42.5 Å². The molecule has 2 aromatic carbocycles. The van der Waals surface area contributed by atoms with E-state index < -0.39 is 17.4 Å². The van der Waals surface area contributed by atoms with Crippen molar-refractivity contribution in [1.82, 2.24) is 0 Å². The van der Waals surface area contributed by atoms with Gasteiger partial charge < -0.3 is 4.74 Å². The number of benzene rings is 2. The molecule has 0 aliphatic heterocycles. The molecule has 0 spiro atoms. The predicted molar refractivity (Wildman–Crippen MR) is 82.4 cm³/mol. The average molecular weight is 300 g/mol. The first-order valence-electron chi connectivity index (χ1n) is 6.89. The molecular formula is C18H17FO3. The van der Waals surface area contributed by atoms with Crippen LogP contribution in [0.25, 0.3) is 11.1 Å². The number of carbonyl (C=O) groups is 2. The zero-order valence-electron chi connectivity index (χ0n) is 12.7. The molecule has 0 N–H and O–H groups in total. The van der Waals surface area contributed by atoms with Crippen molar-refractivity contribution in [2.45, 2.75) is 26.4 Å². The molecule has 0 amide bonds. The minimum Gasteiger partial charge on any atom is -0.456 e. The maximum absolute atomic E-state index is 13.2. The van der Waals surface area contributed by atoms with Gasteiger partial charge in [-0.2, -0.15) is 0 Å². The number of carbonyl (C=O) groups excluding carboxylic acids is 2. The molecule has 0 aromatic heterocycles. The van der Waals surface area contributed by atoms with Crippen molar-refractivity contribution in [2.24, 2.45) is 0 Å². The molecule has 0 unspecified atom stereocenters. The van der Waals surface area contributed by atoms with Gasteiger partial charge in [0, 0.05) is 5.56 Å². The Morgan fingerprint density at radius 2 is 1.73 bits per heavy atom. The van der Waals surface area contributed by atoms with Crippen LogP contribution in [0.3, 0.4) is 0 Å². The summed E-state index contributed by atoms with van der Waals surface area (Å²) >= 11 is 0. The van der Waals surface area contributed by atoms with Gasteiger partial charge in [0.2, 0.25) is 0 Å². The van der Waals surface area contributed by atoms with Crippen molar-refractivity contribution >= 4 is 12.3 Å². The SMILES string of the molecule is CC(C)(C)OC(=O)c1ccc(-c2ccc(F)cc2C=O)cc1. The topological polar surface area (TPSA) is 43.4 Å². The number of halogens is 1. The summed E-state index contributed by atoms with van der Waals surface area (Å²) in [4.78, 5) is 23.0. The third-order valence-corrected chi connectivity index (χ3v) is 2.97. The highest BCUT2D eigenvalue weighted by atomic mass is 19.1. The number of aldehydes is 1. The third kappa shape index (κ3) is 3.79. The molecule has 22 heavy (non-hydrogen) atoms. The number of ether oxygens (including phenoxy) is 1. The molecule has 0 heterocycles. The monoisotopic (exact) mass is 300 g/mol. The molecule has 0 bridgehead atoms. The second kappa shape index (κ2) is 6.10. The summed E-state index contributed by atoms with van der Waals surface area (Å²) in [6, 6.07) is 10.7. The van der Waals surface area contributed by atoms with Crippen molar-refractivity contribution in [3.63, 3.8) is 0 Å².